The molecule has 0 bridgehead atoms. The number of carbonyl (C=O) groups excluding carboxylic acids is 1. The molecule has 0 saturated carbocycles. The maximum absolute atomic E-state index is 11.9. The zero-order valence-electron chi connectivity index (χ0n) is 9.51. The minimum Gasteiger partial charge on any atom is -0.328 e. The molecule has 0 aromatic carbocycles. The lowest BCUT2D eigenvalue weighted by molar-refractivity contribution is 0.0970. The second kappa shape index (κ2) is 5.45. The highest BCUT2D eigenvalue weighted by Gasteiger charge is 2.16. The fourth-order valence-electron chi connectivity index (χ4n) is 1.53. The highest BCUT2D eigenvalue weighted by molar-refractivity contribution is 9.10. The molecule has 0 amide bonds. The van der Waals surface area contributed by atoms with Gasteiger partial charge >= 0.3 is 0 Å². The van der Waals surface area contributed by atoms with E-state index >= 15 is 0 Å². The molecule has 1 aromatic rings. The van der Waals surface area contributed by atoms with Crippen LogP contribution in [0.25, 0.3) is 0 Å². The summed E-state index contributed by atoms with van der Waals surface area (Å²) >= 11 is 3.32. The van der Waals surface area contributed by atoms with E-state index in [1.54, 1.807) is 0 Å². The van der Waals surface area contributed by atoms with Gasteiger partial charge in [-0.3, -0.25) is 4.79 Å². The molecular weight excluding hydrogens is 256 g/mol. The monoisotopic (exact) mass is 272 g/mol. The fourth-order valence-corrected chi connectivity index (χ4v) is 2.27. The summed E-state index contributed by atoms with van der Waals surface area (Å²) < 4.78 is 2.52. The fraction of sp³-hybridized carbons (Fsp3) is 0.636. The van der Waals surface area contributed by atoms with Crippen molar-refractivity contribution < 1.29 is 4.79 Å². The Bertz CT molecular complexity index is 358. The standard InChI is InChI=1S/C11H17BrN2O/c1-4-5-6-7-9(15)10-11(12)13-8(2)14(10)3/h4-7H2,1-3H3. The van der Waals surface area contributed by atoms with E-state index < -0.39 is 0 Å². The summed E-state index contributed by atoms with van der Waals surface area (Å²) in [6, 6.07) is 0. The molecule has 4 heteroatoms. The molecule has 0 aliphatic carbocycles. The second-order valence-corrected chi connectivity index (χ2v) is 4.49. The summed E-state index contributed by atoms with van der Waals surface area (Å²) in [6.07, 6.45) is 3.83. The van der Waals surface area contributed by atoms with Crippen molar-refractivity contribution in [3.05, 3.63) is 16.1 Å². The van der Waals surface area contributed by atoms with E-state index in [1.165, 1.54) is 0 Å². The molecule has 1 rings (SSSR count). The first-order valence-corrected chi connectivity index (χ1v) is 6.09. The summed E-state index contributed by atoms with van der Waals surface area (Å²) in [5.74, 6) is 1.04. The first kappa shape index (κ1) is 12.4. The number of nitrogens with zero attached hydrogens (tertiary/aromatic N) is 2. The van der Waals surface area contributed by atoms with Crippen LogP contribution in [0.4, 0.5) is 0 Å². The van der Waals surface area contributed by atoms with Gasteiger partial charge in [-0.1, -0.05) is 19.8 Å². The number of imidazole rings is 1. The van der Waals surface area contributed by atoms with E-state index in [9.17, 15) is 4.79 Å². The molecule has 3 nitrogen and oxygen atoms in total. The van der Waals surface area contributed by atoms with Crippen molar-refractivity contribution in [2.75, 3.05) is 0 Å². The zero-order chi connectivity index (χ0) is 11.4. The lowest BCUT2D eigenvalue weighted by atomic mass is 10.1. The average Bonchev–Trinajstić information content (AvgIpc) is 2.41. The summed E-state index contributed by atoms with van der Waals surface area (Å²) in [7, 11) is 1.88. The molecule has 0 aliphatic heterocycles. The van der Waals surface area contributed by atoms with Crippen molar-refractivity contribution in [3.8, 4) is 0 Å². The summed E-state index contributed by atoms with van der Waals surface area (Å²) in [4.78, 5) is 16.1. The van der Waals surface area contributed by atoms with Crippen LogP contribution in [0.1, 0.15) is 48.9 Å². The number of hydrogen-bond donors (Lipinski definition) is 0. The predicted octanol–water partition coefficient (Wildman–Crippen LogP) is 3.25. The van der Waals surface area contributed by atoms with Crippen LogP contribution in [0.15, 0.2) is 4.60 Å². The molecule has 1 aromatic heterocycles. The number of halogens is 1. The molecule has 0 unspecified atom stereocenters. The van der Waals surface area contributed by atoms with Crippen LogP contribution in [0, 0.1) is 6.92 Å². The van der Waals surface area contributed by atoms with E-state index in [2.05, 4.69) is 27.8 Å². The Hall–Kier alpha value is -0.640. The molecule has 84 valence electrons. The maximum atomic E-state index is 11.9. The molecule has 15 heavy (non-hydrogen) atoms. The van der Waals surface area contributed by atoms with Crippen molar-refractivity contribution in [2.45, 2.75) is 39.5 Å². The van der Waals surface area contributed by atoms with Gasteiger partial charge in [-0.25, -0.2) is 4.98 Å². The number of unbranched alkanes of at least 4 members (excludes halogenated alkanes) is 2. The minimum atomic E-state index is 0.179. The Morgan fingerprint density at radius 2 is 2.13 bits per heavy atom. The van der Waals surface area contributed by atoms with E-state index in [1.807, 2.05) is 18.5 Å². The number of aromatic nitrogens is 2. The number of rotatable bonds is 5. The normalized spacial score (nSPS) is 10.7. The molecular formula is C11H17BrN2O. The quantitative estimate of drug-likeness (QED) is 0.609. The Labute approximate surface area is 99.0 Å². The average molecular weight is 273 g/mol. The maximum Gasteiger partial charge on any atom is 0.182 e. The zero-order valence-corrected chi connectivity index (χ0v) is 11.1. The van der Waals surface area contributed by atoms with Crippen LogP contribution in [-0.4, -0.2) is 15.3 Å². The Morgan fingerprint density at radius 1 is 1.47 bits per heavy atom. The summed E-state index contributed by atoms with van der Waals surface area (Å²) in [5.41, 5.74) is 0.698. The second-order valence-electron chi connectivity index (χ2n) is 3.74. The van der Waals surface area contributed by atoms with Crippen molar-refractivity contribution in [1.82, 2.24) is 9.55 Å². The van der Waals surface area contributed by atoms with E-state index in [0.717, 1.165) is 25.1 Å². The first-order valence-electron chi connectivity index (χ1n) is 5.30. The van der Waals surface area contributed by atoms with E-state index in [0.29, 0.717) is 16.7 Å². The van der Waals surface area contributed by atoms with Crippen molar-refractivity contribution >= 4 is 21.7 Å². The van der Waals surface area contributed by atoms with Gasteiger partial charge < -0.3 is 4.57 Å². The van der Waals surface area contributed by atoms with Gasteiger partial charge in [0.15, 0.2) is 5.78 Å². The van der Waals surface area contributed by atoms with Crippen LogP contribution in [0.2, 0.25) is 0 Å². The molecule has 0 saturated heterocycles. The molecule has 0 spiro atoms. The van der Waals surface area contributed by atoms with Crippen LogP contribution in [0.3, 0.4) is 0 Å². The van der Waals surface area contributed by atoms with Gasteiger partial charge in [-0.2, -0.15) is 0 Å². The van der Waals surface area contributed by atoms with Gasteiger partial charge in [0.25, 0.3) is 0 Å². The number of hydrogen-bond acceptors (Lipinski definition) is 2. The third kappa shape index (κ3) is 2.91. The van der Waals surface area contributed by atoms with E-state index in [4.69, 9.17) is 0 Å². The first-order chi connectivity index (χ1) is 7.07. The molecule has 1 heterocycles. The van der Waals surface area contributed by atoms with Crippen molar-refractivity contribution in [2.24, 2.45) is 7.05 Å². The SMILES string of the molecule is CCCCCC(=O)c1c(Br)nc(C)n1C. The third-order valence-electron chi connectivity index (χ3n) is 2.55. The van der Waals surface area contributed by atoms with Gasteiger partial charge in [0.2, 0.25) is 0 Å². The third-order valence-corrected chi connectivity index (χ3v) is 3.10. The summed E-state index contributed by atoms with van der Waals surface area (Å²) in [5, 5.41) is 0. The van der Waals surface area contributed by atoms with Crippen molar-refractivity contribution in [1.29, 1.82) is 0 Å². The van der Waals surface area contributed by atoms with Gasteiger partial charge in [0.1, 0.15) is 16.1 Å². The van der Waals surface area contributed by atoms with Crippen molar-refractivity contribution in [3.63, 3.8) is 0 Å². The number of Topliss-reactive ketones (excluding diaryl/α,β-unsaturated/α-hetero) is 1. The Kier molecular flexibility index (Phi) is 4.51. The molecule has 0 fully saturated rings. The van der Waals surface area contributed by atoms with E-state index in [-0.39, 0.29) is 5.78 Å². The molecule has 0 N–H and O–H groups in total. The molecule has 0 aliphatic rings. The largest absolute Gasteiger partial charge is 0.328 e. The van der Waals surface area contributed by atoms with Gasteiger partial charge in [-0.05, 0) is 29.3 Å². The topological polar surface area (TPSA) is 34.9 Å². The highest BCUT2D eigenvalue weighted by atomic mass is 79.9. The Balaban J connectivity index is 2.73. The van der Waals surface area contributed by atoms with Crippen LogP contribution >= 0.6 is 15.9 Å². The number of carbonyl (C=O) groups is 1. The van der Waals surface area contributed by atoms with Gasteiger partial charge in [0, 0.05) is 13.5 Å². The predicted molar refractivity (Wildman–Crippen MR) is 64.1 cm³/mol. The smallest absolute Gasteiger partial charge is 0.182 e. The number of ketones is 1. The Morgan fingerprint density at radius 3 is 2.60 bits per heavy atom. The molecule has 0 atom stereocenters. The van der Waals surface area contributed by atoms with Crippen LogP contribution in [0.5, 0.6) is 0 Å². The van der Waals surface area contributed by atoms with Crippen LogP contribution in [-0.2, 0) is 7.05 Å². The van der Waals surface area contributed by atoms with Crippen LogP contribution < -0.4 is 0 Å². The summed E-state index contributed by atoms with van der Waals surface area (Å²) in [6.45, 7) is 4.03. The van der Waals surface area contributed by atoms with Gasteiger partial charge in [-0.15, -0.1) is 0 Å². The minimum absolute atomic E-state index is 0.179. The van der Waals surface area contributed by atoms with Gasteiger partial charge in [0.05, 0.1) is 0 Å². The lowest BCUT2D eigenvalue weighted by Crippen LogP contribution is -2.07. The molecule has 0 radical (unpaired) electrons. The lowest BCUT2D eigenvalue weighted by Gasteiger charge is -2.03. The highest BCUT2D eigenvalue weighted by Crippen LogP contribution is 2.19. The number of aryl methyl sites for hydroxylation is 1.